The first-order valence-corrected chi connectivity index (χ1v) is 7.48. The third kappa shape index (κ3) is 3.05. The molecule has 7 heteroatoms. The molecule has 24 heavy (non-hydrogen) atoms. The molecule has 2 N–H and O–H groups in total. The van der Waals surface area contributed by atoms with Gasteiger partial charge in [0, 0.05) is 0 Å². The minimum atomic E-state index is -1.07. The molecule has 0 aliphatic carbocycles. The summed E-state index contributed by atoms with van der Waals surface area (Å²) < 4.78 is 16.7. The fourth-order valence-electron chi connectivity index (χ4n) is 2.52. The van der Waals surface area contributed by atoms with Gasteiger partial charge in [0.1, 0.15) is 23.2 Å². The van der Waals surface area contributed by atoms with Crippen molar-refractivity contribution in [2.75, 3.05) is 0 Å². The van der Waals surface area contributed by atoms with Gasteiger partial charge in [-0.15, -0.1) is 0 Å². The Balaban J connectivity index is 1.65. The number of hydrogen-bond donors (Lipinski definition) is 2. The molecule has 0 saturated carbocycles. The number of carbonyl (C=O) groups excluding carboxylic acids is 1. The van der Waals surface area contributed by atoms with Crippen LogP contribution in [-0.2, 0) is 11.3 Å². The van der Waals surface area contributed by atoms with Gasteiger partial charge in [-0.1, -0.05) is 12.1 Å². The van der Waals surface area contributed by atoms with Gasteiger partial charge in [0.25, 0.3) is 5.91 Å². The van der Waals surface area contributed by atoms with E-state index in [1.165, 1.54) is 6.07 Å². The molecular formula is C17H17NO6. The predicted molar refractivity (Wildman–Crippen MR) is 83.2 cm³/mol. The Labute approximate surface area is 138 Å². The average molecular weight is 331 g/mol. The SMILES string of the molecule is Cc1oc(CNC(=O)[C@@H]2Oc3ccccc3O[C@@H]2C)cc1C(=O)O. The van der Waals surface area contributed by atoms with E-state index in [2.05, 4.69) is 5.32 Å². The van der Waals surface area contributed by atoms with E-state index in [-0.39, 0.29) is 18.0 Å². The molecule has 2 atom stereocenters. The zero-order valence-electron chi connectivity index (χ0n) is 13.2. The highest BCUT2D eigenvalue weighted by Crippen LogP contribution is 2.33. The second kappa shape index (κ2) is 6.27. The molecule has 0 unspecified atom stereocenters. The van der Waals surface area contributed by atoms with Gasteiger partial charge in [0.2, 0.25) is 6.10 Å². The summed E-state index contributed by atoms with van der Waals surface area (Å²) in [7, 11) is 0. The number of fused-ring (bicyclic) bond motifs is 1. The lowest BCUT2D eigenvalue weighted by Gasteiger charge is -2.30. The van der Waals surface area contributed by atoms with Gasteiger partial charge in [-0.05, 0) is 32.0 Å². The molecule has 7 nitrogen and oxygen atoms in total. The summed E-state index contributed by atoms with van der Waals surface area (Å²) in [5.74, 6) is 0.347. The molecule has 1 aromatic heterocycles. The van der Waals surface area contributed by atoms with Crippen molar-refractivity contribution in [3.05, 3.63) is 47.4 Å². The van der Waals surface area contributed by atoms with Crippen molar-refractivity contribution < 1.29 is 28.6 Å². The largest absolute Gasteiger partial charge is 0.482 e. The van der Waals surface area contributed by atoms with Crippen LogP contribution in [0.1, 0.15) is 28.8 Å². The number of carboxylic acid groups (broad SMARTS) is 1. The van der Waals surface area contributed by atoms with Gasteiger partial charge in [0.05, 0.1) is 6.54 Å². The number of amides is 1. The van der Waals surface area contributed by atoms with Crippen LogP contribution in [0.3, 0.4) is 0 Å². The predicted octanol–water partition coefficient (Wildman–Crippen LogP) is 2.13. The molecule has 0 spiro atoms. The van der Waals surface area contributed by atoms with Crippen LogP contribution in [0.5, 0.6) is 11.5 Å². The Morgan fingerprint density at radius 3 is 2.50 bits per heavy atom. The van der Waals surface area contributed by atoms with Crippen molar-refractivity contribution in [1.29, 1.82) is 0 Å². The summed E-state index contributed by atoms with van der Waals surface area (Å²) >= 11 is 0. The Kier molecular flexibility index (Phi) is 4.16. The number of rotatable bonds is 4. The normalized spacial score (nSPS) is 18.9. The summed E-state index contributed by atoms with van der Waals surface area (Å²) in [6, 6.07) is 8.53. The number of carboxylic acids is 1. The third-order valence-corrected chi connectivity index (χ3v) is 3.74. The van der Waals surface area contributed by atoms with Crippen LogP contribution in [0.25, 0.3) is 0 Å². The molecule has 0 bridgehead atoms. The molecule has 0 saturated heterocycles. The van der Waals surface area contributed by atoms with E-state index in [0.29, 0.717) is 23.0 Å². The van der Waals surface area contributed by atoms with Crippen LogP contribution >= 0.6 is 0 Å². The van der Waals surface area contributed by atoms with Gasteiger partial charge in [0.15, 0.2) is 11.5 Å². The molecule has 0 radical (unpaired) electrons. The Bertz CT molecular complexity index is 781. The maximum Gasteiger partial charge on any atom is 0.339 e. The Morgan fingerprint density at radius 1 is 1.21 bits per heavy atom. The summed E-state index contributed by atoms with van der Waals surface area (Å²) in [4.78, 5) is 23.3. The lowest BCUT2D eigenvalue weighted by Crippen LogP contribution is -2.48. The van der Waals surface area contributed by atoms with E-state index in [4.69, 9.17) is 19.0 Å². The minimum Gasteiger partial charge on any atom is -0.482 e. The maximum atomic E-state index is 12.3. The van der Waals surface area contributed by atoms with Crippen molar-refractivity contribution in [2.45, 2.75) is 32.6 Å². The lowest BCUT2D eigenvalue weighted by molar-refractivity contribution is -0.133. The van der Waals surface area contributed by atoms with Gasteiger partial charge in [-0.25, -0.2) is 4.79 Å². The van der Waals surface area contributed by atoms with Crippen molar-refractivity contribution in [3.63, 3.8) is 0 Å². The number of carbonyl (C=O) groups is 2. The molecular weight excluding hydrogens is 314 g/mol. The summed E-state index contributed by atoms with van der Waals surface area (Å²) in [6.45, 7) is 3.38. The standard InChI is InChI=1S/C17H17NO6/c1-9-12(17(20)21)7-11(22-9)8-18-16(19)15-10(2)23-13-5-3-4-6-14(13)24-15/h3-7,10,15H,8H2,1-2H3,(H,18,19)(H,20,21)/t10-,15-/m1/s1. The fourth-order valence-corrected chi connectivity index (χ4v) is 2.52. The Morgan fingerprint density at radius 2 is 1.88 bits per heavy atom. The van der Waals surface area contributed by atoms with Crippen LogP contribution in [0.4, 0.5) is 0 Å². The first-order valence-electron chi connectivity index (χ1n) is 7.48. The van der Waals surface area contributed by atoms with E-state index in [1.807, 2.05) is 6.07 Å². The molecule has 1 aromatic carbocycles. The van der Waals surface area contributed by atoms with Crippen LogP contribution in [0.2, 0.25) is 0 Å². The summed E-state index contributed by atoms with van der Waals surface area (Å²) in [5.41, 5.74) is 0.0822. The Hall–Kier alpha value is -2.96. The quantitative estimate of drug-likeness (QED) is 0.890. The number of ether oxygens (including phenoxy) is 2. The topological polar surface area (TPSA) is 98.0 Å². The fraction of sp³-hybridized carbons (Fsp3) is 0.294. The first kappa shape index (κ1) is 15.9. The smallest absolute Gasteiger partial charge is 0.339 e. The minimum absolute atomic E-state index is 0.0706. The zero-order valence-corrected chi connectivity index (χ0v) is 13.2. The molecule has 1 amide bonds. The number of benzene rings is 1. The molecule has 2 heterocycles. The molecule has 3 rings (SSSR count). The van der Waals surface area contributed by atoms with E-state index in [1.54, 1.807) is 32.0 Å². The van der Waals surface area contributed by atoms with Gasteiger partial charge in [-0.2, -0.15) is 0 Å². The highest BCUT2D eigenvalue weighted by Gasteiger charge is 2.34. The first-order chi connectivity index (χ1) is 11.5. The second-order valence-corrected chi connectivity index (χ2v) is 5.51. The molecule has 1 aliphatic rings. The van der Waals surface area contributed by atoms with E-state index >= 15 is 0 Å². The lowest BCUT2D eigenvalue weighted by atomic mass is 10.1. The average Bonchev–Trinajstić information content (AvgIpc) is 2.93. The monoisotopic (exact) mass is 331 g/mol. The van der Waals surface area contributed by atoms with E-state index in [0.717, 1.165) is 0 Å². The molecule has 2 aromatic rings. The van der Waals surface area contributed by atoms with Crippen LogP contribution in [-0.4, -0.2) is 29.2 Å². The zero-order chi connectivity index (χ0) is 17.3. The van der Waals surface area contributed by atoms with Gasteiger partial charge >= 0.3 is 5.97 Å². The third-order valence-electron chi connectivity index (χ3n) is 3.74. The number of para-hydroxylation sites is 2. The number of hydrogen-bond acceptors (Lipinski definition) is 5. The highest BCUT2D eigenvalue weighted by atomic mass is 16.6. The molecule has 1 aliphatic heterocycles. The van der Waals surface area contributed by atoms with Crippen LogP contribution in [0.15, 0.2) is 34.7 Å². The second-order valence-electron chi connectivity index (χ2n) is 5.51. The molecule has 0 fully saturated rings. The number of furan rings is 1. The summed E-state index contributed by atoms with van der Waals surface area (Å²) in [5, 5.41) is 11.7. The van der Waals surface area contributed by atoms with Crippen molar-refractivity contribution in [3.8, 4) is 11.5 Å². The van der Waals surface area contributed by atoms with Crippen molar-refractivity contribution >= 4 is 11.9 Å². The van der Waals surface area contributed by atoms with Crippen molar-refractivity contribution in [2.24, 2.45) is 0 Å². The molecule has 126 valence electrons. The van der Waals surface area contributed by atoms with E-state index in [9.17, 15) is 9.59 Å². The number of aryl methyl sites for hydroxylation is 1. The highest BCUT2D eigenvalue weighted by molar-refractivity contribution is 5.88. The van der Waals surface area contributed by atoms with Crippen molar-refractivity contribution in [1.82, 2.24) is 5.32 Å². The summed E-state index contributed by atoms with van der Waals surface area (Å²) in [6.07, 6.45) is -1.25. The van der Waals surface area contributed by atoms with Gasteiger partial charge < -0.3 is 24.3 Å². The van der Waals surface area contributed by atoms with Crippen LogP contribution < -0.4 is 14.8 Å². The number of aromatic carboxylic acids is 1. The maximum absolute atomic E-state index is 12.3. The van der Waals surface area contributed by atoms with Gasteiger partial charge in [-0.3, -0.25) is 4.79 Å². The van der Waals surface area contributed by atoms with E-state index < -0.39 is 18.2 Å². The van der Waals surface area contributed by atoms with Crippen LogP contribution in [0, 0.1) is 6.92 Å². The number of nitrogens with one attached hydrogen (secondary N) is 1.